The van der Waals surface area contributed by atoms with Crippen LogP contribution in [0.25, 0.3) is 0 Å². The maximum absolute atomic E-state index is 4.57. The standard InChI is InChI=1S/C13H26N6.HI/c1-5-11(4)17-13(14-7-3)15-8-9-19-10-16-18-12(19)6-2;/h10-11H,5-9H2,1-4H3,(H2,14,15,17);1H. The molecule has 0 aromatic carbocycles. The van der Waals surface area contributed by atoms with E-state index in [0.717, 1.165) is 44.3 Å². The second kappa shape index (κ2) is 10.9. The monoisotopic (exact) mass is 394 g/mol. The van der Waals surface area contributed by atoms with E-state index in [1.165, 1.54) is 0 Å². The molecule has 0 saturated carbocycles. The number of hydrogen-bond acceptors (Lipinski definition) is 3. The van der Waals surface area contributed by atoms with Gasteiger partial charge in [-0.25, -0.2) is 0 Å². The summed E-state index contributed by atoms with van der Waals surface area (Å²) in [5.41, 5.74) is 0. The summed E-state index contributed by atoms with van der Waals surface area (Å²) < 4.78 is 2.05. The second-order valence-corrected chi connectivity index (χ2v) is 4.51. The molecule has 1 aromatic heterocycles. The van der Waals surface area contributed by atoms with Crippen molar-refractivity contribution in [3.05, 3.63) is 12.2 Å². The topological polar surface area (TPSA) is 67.1 Å². The zero-order valence-electron chi connectivity index (χ0n) is 12.9. The number of aromatic nitrogens is 3. The van der Waals surface area contributed by atoms with Crippen LogP contribution in [0.1, 0.15) is 39.9 Å². The van der Waals surface area contributed by atoms with Crippen LogP contribution in [0.3, 0.4) is 0 Å². The lowest BCUT2D eigenvalue weighted by Crippen LogP contribution is -2.42. The van der Waals surface area contributed by atoms with Gasteiger partial charge < -0.3 is 15.2 Å². The minimum absolute atomic E-state index is 0. The van der Waals surface area contributed by atoms with Gasteiger partial charge in [-0.1, -0.05) is 13.8 Å². The van der Waals surface area contributed by atoms with E-state index < -0.39 is 0 Å². The summed E-state index contributed by atoms with van der Waals surface area (Å²) in [6.07, 6.45) is 3.74. The van der Waals surface area contributed by atoms with Gasteiger partial charge in [0.15, 0.2) is 5.96 Å². The highest BCUT2D eigenvalue weighted by Crippen LogP contribution is 1.96. The van der Waals surface area contributed by atoms with Gasteiger partial charge in [0.25, 0.3) is 0 Å². The predicted molar refractivity (Wildman–Crippen MR) is 93.7 cm³/mol. The normalized spacial score (nSPS) is 12.7. The average Bonchev–Trinajstić information content (AvgIpc) is 2.86. The molecule has 1 unspecified atom stereocenters. The van der Waals surface area contributed by atoms with Gasteiger partial charge in [0.05, 0.1) is 6.54 Å². The van der Waals surface area contributed by atoms with E-state index in [2.05, 4.69) is 58.1 Å². The van der Waals surface area contributed by atoms with Crippen molar-refractivity contribution in [1.82, 2.24) is 25.4 Å². The van der Waals surface area contributed by atoms with Crippen LogP contribution in [0.4, 0.5) is 0 Å². The zero-order valence-corrected chi connectivity index (χ0v) is 15.2. The van der Waals surface area contributed by atoms with Gasteiger partial charge in [0.2, 0.25) is 0 Å². The van der Waals surface area contributed by atoms with Crippen LogP contribution in [0.5, 0.6) is 0 Å². The maximum atomic E-state index is 4.57. The highest BCUT2D eigenvalue weighted by atomic mass is 127. The molecule has 6 nitrogen and oxygen atoms in total. The van der Waals surface area contributed by atoms with Gasteiger partial charge in [-0.2, -0.15) is 0 Å². The Morgan fingerprint density at radius 1 is 1.40 bits per heavy atom. The lowest BCUT2D eigenvalue weighted by molar-refractivity contribution is 0.617. The van der Waals surface area contributed by atoms with Crippen LogP contribution >= 0.6 is 24.0 Å². The Morgan fingerprint density at radius 2 is 2.15 bits per heavy atom. The summed E-state index contributed by atoms with van der Waals surface area (Å²) in [4.78, 5) is 4.57. The third-order valence-corrected chi connectivity index (χ3v) is 2.96. The fourth-order valence-corrected chi connectivity index (χ4v) is 1.66. The summed E-state index contributed by atoms with van der Waals surface area (Å²) in [7, 11) is 0. The van der Waals surface area contributed by atoms with Crippen molar-refractivity contribution in [3.63, 3.8) is 0 Å². The van der Waals surface area contributed by atoms with Gasteiger partial charge in [-0.3, -0.25) is 4.99 Å². The maximum Gasteiger partial charge on any atom is 0.191 e. The number of rotatable bonds is 7. The summed E-state index contributed by atoms with van der Waals surface area (Å²) in [5.74, 6) is 1.89. The molecule has 20 heavy (non-hydrogen) atoms. The van der Waals surface area contributed by atoms with Crippen LogP contribution in [-0.2, 0) is 13.0 Å². The molecule has 1 heterocycles. The Balaban J connectivity index is 0.00000361. The molecular weight excluding hydrogens is 367 g/mol. The first-order valence-electron chi connectivity index (χ1n) is 7.12. The third-order valence-electron chi connectivity index (χ3n) is 2.96. The fourth-order valence-electron chi connectivity index (χ4n) is 1.66. The first kappa shape index (κ1) is 19.1. The fraction of sp³-hybridized carbons (Fsp3) is 0.769. The molecule has 0 fully saturated rings. The summed E-state index contributed by atoms with van der Waals surface area (Å²) >= 11 is 0. The summed E-state index contributed by atoms with van der Waals surface area (Å²) in [6.45, 7) is 10.9. The largest absolute Gasteiger partial charge is 0.357 e. The summed E-state index contributed by atoms with van der Waals surface area (Å²) in [6, 6.07) is 0.430. The smallest absolute Gasteiger partial charge is 0.191 e. The van der Waals surface area contributed by atoms with Crippen molar-refractivity contribution < 1.29 is 0 Å². The van der Waals surface area contributed by atoms with Gasteiger partial charge in [0, 0.05) is 25.6 Å². The molecular formula is C13H27IN6. The highest BCUT2D eigenvalue weighted by Gasteiger charge is 2.03. The number of nitrogens with zero attached hydrogens (tertiary/aromatic N) is 4. The first-order valence-corrected chi connectivity index (χ1v) is 7.12. The molecule has 0 bridgehead atoms. The number of halogens is 1. The van der Waals surface area contributed by atoms with Crippen molar-refractivity contribution >= 4 is 29.9 Å². The lowest BCUT2D eigenvalue weighted by atomic mass is 10.3. The van der Waals surface area contributed by atoms with Crippen molar-refractivity contribution in [2.24, 2.45) is 4.99 Å². The number of nitrogens with one attached hydrogen (secondary N) is 2. The van der Waals surface area contributed by atoms with Gasteiger partial charge in [0.1, 0.15) is 12.2 Å². The first-order chi connectivity index (χ1) is 9.21. The van der Waals surface area contributed by atoms with E-state index in [0.29, 0.717) is 6.04 Å². The molecule has 0 saturated heterocycles. The molecule has 0 amide bonds. The van der Waals surface area contributed by atoms with E-state index in [4.69, 9.17) is 0 Å². The molecule has 116 valence electrons. The molecule has 0 aliphatic heterocycles. The van der Waals surface area contributed by atoms with E-state index in [1.807, 2.05) is 0 Å². The average molecular weight is 394 g/mol. The Kier molecular flexibility index (Phi) is 10.4. The van der Waals surface area contributed by atoms with Crippen LogP contribution in [0.15, 0.2) is 11.3 Å². The zero-order chi connectivity index (χ0) is 14.1. The quantitative estimate of drug-likeness (QED) is 0.421. The minimum Gasteiger partial charge on any atom is -0.357 e. The second-order valence-electron chi connectivity index (χ2n) is 4.51. The lowest BCUT2D eigenvalue weighted by Gasteiger charge is -2.16. The van der Waals surface area contributed by atoms with E-state index in [9.17, 15) is 0 Å². The molecule has 0 radical (unpaired) electrons. The third kappa shape index (κ3) is 6.53. The van der Waals surface area contributed by atoms with Gasteiger partial charge in [-0.05, 0) is 20.3 Å². The van der Waals surface area contributed by atoms with Crippen LogP contribution in [-0.4, -0.2) is 39.9 Å². The Labute approximate surface area is 138 Å². The molecule has 7 heteroatoms. The van der Waals surface area contributed by atoms with Crippen LogP contribution < -0.4 is 10.6 Å². The Hall–Kier alpha value is -0.860. The van der Waals surface area contributed by atoms with Gasteiger partial charge >= 0.3 is 0 Å². The number of guanidine groups is 1. The molecule has 2 N–H and O–H groups in total. The van der Waals surface area contributed by atoms with E-state index in [-0.39, 0.29) is 24.0 Å². The molecule has 0 spiro atoms. The van der Waals surface area contributed by atoms with E-state index >= 15 is 0 Å². The van der Waals surface area contributed by atoms with Crippen LogP contribution in [0.2, 0.25) is 0 Å². The van der Waals surface area contributed by atoms with E-state index in [1.54, 1.807) is 6.33 Å². The number of aliphatic imine (C=N–C) groups is 1. The summed E-state index contributed by atoms with van der Waals surface area (Å²) in [5, 5.41) is 14.6. The van der Waals surface area contributed by atoms with Crippen molar-refractivity contribution in [2.75, 3.05) is 13.1 Å². The Bertz CT molecular complexity index is 390. The Morgan fingerprint density at radius 3 is 2.75 bits per heavy atom. The van der Waals surface area contributed by atoms with Crippen molar-refractivity contribution in [1.29, 1.82) is 0 Å². The SMILES string of the molecule is CCNC(=NCCn1cnnc1CC)NC(C)CC.I. The van der Waals surface area contributed by atoms with Gasteiger partial charge in [-0.15, -0.1) is 34.2 Å². The minimum atomic E-state index is 0. The van der Waals surface area contributed by atoms with Crippen molar-refractivity contribution in [2.45, 2.75) is 53.1 Å². The number of hydrogen-bond donors (Lipinski definition) is 2. The molecule has 0 aliphatic carbocycles. The predicted octanol–water partition coefficient (Wildman–Crippen LogP) is 1.81. The number of aryl methyl sites for hydroxylation is 1. The highest BCUT2D eigenvalue weighted by molar-refractivity contribution is 14.0. The molecule has 0 aliphatic rings. The molecule has 1 aromatic rings. The van der Waals surface area contributed by atoms with Crippen molar-refractivity contribution in [3.8, 4) is 0 Å². The molecule has 1 rings (SSSR count). The molecule has 1 atom stereocenters. The van der Waals surface area contributed by atoms with Crippen LogP contribution in [0, 0.1) is 0 Å².